The monoisotopic (exact) mass is 166 g/mol. The van der Waals surface area contributed by atoms with Crippen molar-refractivity contribution in [2.75, 3.05) is 6.61 Å². The second-order valence-electron chi connectivity index (χ2n) is 2.44. The molecule has 0 spiro atoms. The smallest absolute Gasteiger partial charge is 0.306 e. The van der Waals surface area contributed by atoms with Crippen molar-refractivity contribution in [2.45, 2.75) is 24.9 Å². The number of hydrogen-bond donors (Lipinski definition) is 1. The molecule has 1 rings (SSSR count). The molecule has 1 N–H and O–H groups in total. The summed E-state index contributed by atoms with van der Waals surface area (Å²) in [7, 11) is 0. The lowest BCUT2D eigenvalue weighted by atomic mass is 10.1. The zero-order valence-electron chi connectivity index (χ0n) is 5.72. The molecule has 0 bridgehead atoms. The maximum absolute atomic E-state index is 12.5. The van der Waals surface area contributed by atoms with Gasteiger partial charge in [-0.05, 0) is 0 Å². The molecule has 0 amide bonds. The minimum atomic E-state index is -3.29. The van der Waals surface area contributed by atoms with Gasteiger partial charge in [0.2, 0.25) is 0 Å². The Kier molecular flexibility index (Phi) is 2.08. The number of ether oxygens (including phenoxy) is 1. The Morgan fingerprint density at radius 3 is 2.73 bits per heavy atom. The van der Waals surface area contributed by atoms with Crippen LogP contribution in [0.2, 0.25) is 0 Å². The van der Waals surface area contributed by atoms with Crippen LogP contribution in [0.5, 0.6) is 0 Å². The molecule has 1 atom stereocenters. The number of alkyl halides is 2. The van der Waals surface area contributed by atoms with Gasteiger partial charge in [0.1, 0.15) is 6.61 Å². The Hall–Kier alpha value is -0.710. The van der Waals surface area contributed by atoms with E-state index in [9.17, 15) is 13.6 Å². The third-order valence-corrected chi connectivity index (χ3v) is 1.57. The predicted octanol–water partition coefficient (Wildman–Crippen LogP) is 0.320. The normalized spacial score (nSPS) is 25.4. The molecule has 64 valence electrons. The lowest BCUT2D eigenvalue weighted by molar-refractivity contribution is -0.167. The van der Waals surface area contributed by atoms with E-state index in [1.807, 2.05) is 0 Å². The molecule has 5 heteroatoms. The van der Waals surface area contributed by atoms with Crippen molar-refractivity contribution in [3.63, 3.8) is 0 Å². The Labute approximate surface area is 62.0 Å². The third kappa shape index (κ3) is 1.65. The van der Waals surface area contributed by atoms with Crippen molar-refractivity contribution in [1.29, 1.82) is 0 Å². The summed E-state index contributed by atoms with van der Waals surface area (Å²) in [6, 6.07) is 0. The van der Waals surface area contributed by atoms with Gasteiger partial charge in [0, 0.05) is 12.8 Å². The van der Waals surface area contributed by atoms with E-state index in [2.05, 4.69) is 4.74 Å². The number of esters is 1. The Balaban J connectivity index is 2.55. The summed E-state index contributed by atoms with van der Waals surface area (Å²) in [5.74, 6) is -3.91. The van der Waals surface area contributed by atoms with Gasteiger partial charge in [-0.25, -0.2) is 0 Å². The SMILES string of the molecule is O=C1CCC(C(F)(F)CO)O1. The fourth-order valence-corrected chi connectivity index (χ4v) is 0.925. The van der Waals surface area contributed by atoms with Crippen molar-refractivity contribution < 1.29 is 23.4 Å². The minimum absolute atomic E-state index is 0.00755. The zero-order valence-corrected chi connectivity index (χ0v) is 5.72. The first-order valence-electron chi connectivity index (χ1n) is 3.24. The standard InChI is InChI=1S/C6H8F2O3/c7-6(8,3-9)4-1-2-5(10)11-4/h4,9H,1-3H2. The first-order valence-corrected chi connectivity index (χ1v) is 3.24. The summed E-state index contributed by atoms with van der Waals surface area (Å²) < 4.78 is 29.3. The van der Waals surface area contributed by atoms with E-state index < -0.39 is 24.6 Å². The fourth-order valence-electron chi connectivity index (χ4n) is 0.925. The summed E-state index contributed by atoms with van der Waals surface area (Å²) >= 11 is 0. The van der Waals surface area contributed by atoms with Gasteiger partial charge in [-0.1, -0.05) is 0 Å². The summed E-state index contributed by atoms with van der Waals surface area (Å²) in [4.78, 5) is 10.4. The number of cyclic esters (lactones) is 1. The first kappa shape index (κ1) is 8.39. The van der Waals surface area contributed by atoms with Crippen LogP contribution in [0.15, 0.2) is 0 Å². The maximum Gasteiger partial charge on any atom is 0.306 e. The van der Waals surface area contributed by atoms with Crippen LogP contribution >= 0.6 is 0 Å². The van der Waals surface area contributed by atoms with Gasteiger partial charge in [-0.3, -0.25) is 4.79 Å². The summed E-state index contributed by atoms with van der Waals surface area (Å²) in [5.41, 5.74) is 0. The Morgan fingerprint density at radius 1 is 1.73 bits per heavy atom. The van der Waals surface area contributed by atoms with E-state index in [4.69, 9.17) is 5.11 Å². The largest absolute Gasteiger partial charge is 0.456 e. The molecular weight excluding hydrogens is 158 g/mol. The van der Waals surface area contributed by atoms with E-state index in [-0.39, 0.29) is 12.8 Å². The van der Waals surface area contributed by atoms with Gasteiger partial charge in [-0.2, -0.15) is 8.78 Å². The molecule has 0 aromatic heterocycles. The van der Waals surface area contributed by atoms with Gasteiger partial charge in [-0.15, -0.1) is 0 Å². The Bertz CT molecular complexity index is 169. The highest BCUT2D eigenvalue weighted by Crippen LogP contribution is 2.28. The number of carbonyl (C=O) groups is 1. The number of aliphatic hydroxyl groups is 1. The molecule has 1 aliphatic heterocycles. The summed E-state index contributed by atoms with van der Waals surface area (Å²) in [6.07, 6.45) is -1.42. The highest BCUT2D eigenvalue weighted by molar-refractivity contribution is 5.71. The van der Waals surface area contributed by atoms with Gasteiger partial charge in [0.05, 0.1) is 0 Å². The van der Waals surface area contributed by atoms with Gasteiger partial charge >= 0.3 is 11.9 Å². The molecule has 0 aromatic carbocycles. The number of rotatable bonds is 2. The highest BCUT2D eigenvalue weighted by atomic mass is 19.3. The average molecular weight is 166 g/mol. The topological polar surface area (TPSA) is 46.5 Å². The van der Waals surface area contributed by atoms with E-state index in [1.54, 1.807) is 0 Å². The summed E-state index contributed by atoms with van der Waals surface area (Å²) in [6.45, 7) is -1.27. The molecule has 0 saturated carbocycles. The second kappa shape index (κ2) is 2.73. The number of aliphatic hydroxyl groups excluding tert-OH is 1. The molecule has 0 aromatic rings. The Morgan fingerprint density at radius 2 is 2.36 bits per heavy atom. The van der Waals surface area contributed by atoms with Crippen molar-refractivity contribution >= 4 is 5.97 Å². The zero-order chi connectivity index (χ0) is 8.48. The quantitative estimate of drug-likeness (QED) is 0.601. The number of hydrogen-bond acceptors (Lipinski definition) is 3. The van der Waals surface area contributed by atoms with Crippen LogP contribution in [0.3, 0.4) is 0 Å². The molecule has 1 saturated heterocycles. The van der Waals surface area contributed by atoms with E-state index in [1.165, 1.54) is 0 Å². The third-order valence-electron chi connectivity index (χ3n) is 1.57. The van der Waals surface area contributed by atoms with E-state index >= 15 is 0 Å². The lowest BCUT2D eigenvalue weighted by Gasteiger charge is -2.18. The van der Waals surface area contributed by atoms with Crippen LogP contribution in [-0.2, 0) is 9.53 Å². The van der Waals surface area contributed by atoms with Crippen LogP contribution in [0, 0.1) is 0 Å². The van der Waals surface area contributed by atoms with Crippen LogP contribution < -0.4 is 0 Å². The molecule has 0 radical (unpaired) electrons. The first-order chi connectivity index (χ1) is 5.06. The molecular formula is C6H8F2O3. The van der Waals surface area contributed by atoms with Crippen LogP contribution in [-0.4, -0.2) is 29.7 Å². The predicted molar refractivity (Wildman–Crippen MR) is 31.1 cm³/mol. The van der Waals surface area contributed by atoms with Gasteiger partial charge in [0.15, 0.2) is 6.10 Å². The van der Waals surface area contributed by atoms with Crippen LogP contribution in [0.4, 0.5) is 8.78 Å². The molecule has 0 aliphatic carbocycles. The van der Waals surface area contributed by atoms with E-state index in [0.717, 1.165) is 0 Å². The number of carbonyl (C=O) groups excluding carboxylic acids is 1. The number of halogens is 2. The van der Waals surface area contributed by atoms with Crippen LogP contribution in [0.1, 0.15) is 12.8 Å². The molecule has 11 heavy (non-hydrogen) atoms. The second-order valence-corrected chi connectivity index (χ2v) is 2.44. The lowest BCUT2D eigenvalue weighted by Crippen LogP contribution is -2.36. The van der Waals surface area contributed by atoms with Crippen molar-refractivity contribution in [2.24, 2.45) is 0 Å². The maximum atomic E-state index is 12.5. The molecule has 1 fully saturated rings. The van der Waals surface area contributed by atoms with E-state index in [0.29, 0.717) is 0 Å². The average Bonchev–Trinajstić information content (AvgIpc) is 2.36. The molecule has 1 aliphatic rings. The van der Waals surface area contributed by atoms with Crippen molar-refractivity contribution in [3.8, 4) is 0 Å². The highest BCUT2D eigenvalue weighted by Gasteiger charge is 2.44. The molecule has 3 nitrogen and oxygen atoms in total. The van der Waals surface area contributed by atoms with Crippen molar-refractivity contribution in [3.05, 3.63) is 0 Å². The fraction of sp³-hybridized carbons (Fsp3) is 0.833. The summed E-state index contributed by atoms with van der Waals surface area (Å²) in [5, 5.41) is 8.20. The van der Waals surface area contributed by atoms with Gasteiger partial charge in [0.25, 0.3) is 0 Å². The van der Waals surface area contributed by atoms with Crippen molar-refractivity contribution in [1.82, 2.24) is 0 Å². The molecule has 1 unspecified atom stereocenters. The van der Waals surface area contributed by atoms with Gasteiger partial charge < -0.3 is 9.84 Å². The van der Waals surface area contributed by atoms with Crippen LogP contribution in [0.25, 0.3) is 0 Å². The minimum Gasteiger partial charge on any atom is -0.456 e. The molecule has 1 heterocycles.